The van der Waals surface area contributed by atoms with Gasteiger partial charge in [-0.1, -0.05) is 17.7 Å². The lowest BCUT2D eigenvalue weighted by atomic mass is 9.92. The molecule has 19 heteroatoms. The number of carbonyl (C=O) groups excluding carboxylic acids is 2. The number of hydroxylamine groups is 1. The van der Waals surface area contributed by atoms with Crippen LogP contribution in [0.5, 0.6) is 0 Å². The number of nitrogens with zero attached hydrogens (tertiary/aromatic N) is 1. The second kappa shape index (κ2) is 11.7. The zero-order valence-corrected chi connectivity index (χ0v) is 23.0. The first-order chi connectivity index (χ1) is 19.5. The molecule has 0 atom stereocenters. The SMILES string of the molecule is O=C(Nc1c(I)cc(C(F)(C(F)(F)F)C(F)(F)F)cc1C(F)(F)F)c1cccc(N(O)C(=O)c2ccc(F)c(Cl)c2)c1F. The van der Waals surface area contributed by atoms with Gasteiger partial charge in [-0.25, -0.2) is 13.2 Å². The van der Waals surface area contributed by atoms with Crippen molar-refractivity contribution >= 4 is 57.4 Å². The predicted octanol–water partition coefficient (Wildman–Crippen LogP) is 8.82. The fourth-order valence-electron chi connectivity index (χ4n) is 3.54. The fourth-order valence-corrected chi connectivity index (χ4v) is 4.49. The highest BCUT2D eigenvalue weighted by Crippen LogP contribution is 2.54. The molecule has 0 spiro atoms. The third-order valence-corrected chi connectivity index (χ3v) is 6.76. The molecule has 0 unspecified atom stereocenters. The molecule has 0 aromatic heterocycles. The van der Waals surface area contributed by atoms with Crippen LogP contribution < -0.4 is 10.4 Å². The van der Waals surface area contributed by atoms with E-state index in [2.05, 4.69) is 0 Å². The molecule has 3 aromatic rings. The van der Waals surface area contributed by atoms with Gasteiger partial charge in [-0.2, -0.15) is 44.6 Å². The number of anilines is 2. The molecule has 2 N–H and O–H groups in total. The number of benzene rings is 3. The van der Waals surface area contributed by atoms with E-state index in [0.717, 1.165) is 52.9 Å². The van der Waals surface area contributed by atoms with Crippen molar-refractivity contribution in [2.24, 2.45) is 0 Å². The number of nitrogens with one attached hydrogen (secondary N) is 1. The van der Waals surface area contributed by atoms with Crippen LogP contribution in [0.2, 0.25) is 5.02 Å². The van der Waals surface area contributed by atoms with Gasteiger partial charge >= 0.3 is 24.2 Å². The number of hydrogen-bond donors (Lipinski definition) is 2. The molecule has 43 heavy (non-hydrogen) atoms. The van der Waals surface area contributed by atoms with Gasteiger partial charge in [0, 0.05) is 14.7 Å². The van der Waals surface area contributed by atoms with Gasteiger partial charge in [-0.3, -0.25) is 14.8 Å². The summed E-state index contributed by atoms with van der Waals surface area (Å²) in [5, 5.41) is 10.8. The summed E-state index contributed by atoms with van der Waals surface area (Å²) in [7, 11) is 0. The highest BCUT2D eigenvalue weighted by molar-refractivity contribution is 14.1. The number of alkyl halides is 10. The van der Waals surface area contributed by atoms with E-state index >= 15 is 4.39 Å². The molecule has 2 amide bonds. The van der Waals surface area contributed by atoms with Crippen molar-refractivity contribution in [2.75, 3.05) is 10.4 Å². The summed E-state index contributed by atoms with van der Waals surface area (Å²) in [5.41, 5.74) is -15.2. The summed E-state index contributed by atoms with van der Waals surface area (Å²) in [6.45, 7) is 0. The van der Waals surface area contributed by atoms with E-state index in [1.165, 1.54) is 5.32 Å². The van der Waals surface area contributed by atoms with Gasteiger partial charge in [0.2, 0.25) is 0 Å². The van der Waals surface area contributed by atoms with Gasteiger partial charge in [0.05, 0.1) is 21.8 Å². The van der Waals surface area contributed by atoms with Crippen molar-refractivity contribution in [1.82, 2.24) is 0 Å². The Hall–Kier alpha value is -3.26. The summed E-state index contributed by atoms with van der Waals surface area (Å²) in [5.74, 6) is -5.88. The van der Waals surface area contributed by atoms with Gasteiger partial charge in [-0.15, -0.1) is 0 Å². The molecule has 3 rings (SSSR count). The van der Waals surface area contributed by atoms with E-state index in [4.69, 9.17) is 11.6 Å². The number of halogens is 14. The zero-order chi connectivity index (χ0) is 32.9. The van der Waals surface area contributed by atoms with Crippen LogP contribution in [0.25, 0.3) is 0 Å². The van der Waals surface area contributed by atoms with Gasteiger partial charge in [0.1, 0.15) is 11.5 Å². The van der Waals surface area contributed by atoms with Gasteiger partial charge < -0.3 is 5.32 Å². The van der Waals surface area contributed by atoms with Crippen LogP contribution in [0, 0.1) is 15.2 Å². The molecule has 0 saturated carbocycles. The molecule has 5 nitrogen and oxygen atoms in total. The van der Waals surface area contributed by atoms with Crippen molar-refractivity contribution in [3.63, 3.8) is 0 Å². The average molecular weight is 765 g/mol. The van der Waals surface area contributed by atoms with Gasteiger partial charge in [0.25, 0.3) is 11.8 Å². The molecule has 3 aromatic carbocycles. The fraction of sp³-hybridized carbons (Fsp3) is 0.167. The summed E-state index contributed by atoms with van der Waals surface area (Å²) < 4.78 is 162. The predicted molar refractivity (Wildman–Crippen MR) is 133 cm³/mol. The van der Waals surface area contributed by atoms with Crippen LogP contribution in [0.3, 0.4) is 0 Å². The first kappa shape index (κ1) is 34.2. The van der Waals surface area contributed by atoms with E-state index in [-0.39, 0.29) is 11.1 Å². The molecule has 0 aliphatic heterocycles. The quantitative estimate of drug-likeness (QED) is 0.118. The molecular formula is C24H10ClF12IN2O3. The molecule has 0 fully saturated rings. The highest BCUT2D eigenvalue weighted by atomic mass is 127. The van der Waals surface area contributed by atoms with Gasteiger partial charge in [0.15, 0.2) is 5.82 Å². The lowest BCUT2D eigenvalue weighted by Gasteiger charge is -2.31. The Kier molecular flexibility index (Phi) is 9.30. The Morgan fingerprint density at radius 3 is 1.95 bits per heavy atom. The molecule has 0 saturated heterocycles. The first-order valence-corrected chi connectivity index (χ1v) is 12.3. The molecular weight excluding hydrogens is 755 g/mol. The minimum absolute atomic E-state index is 0.235. The Bertz CT molecular complexity index is 1580. The topological polar surface area (TPSA) is 69.6 Å². The third-order valence-electron chi connectivity index (χ3n) is 5.62. The Labute approximate surface area is 250 Å². The van der Waals surface area contributed by atoms with Crippen molar-refractivity contribution in [1.29, 1.82) is 0 Å². The van der Waals surface area contributed by atoms with Crippen LogP contribution in [-0.4, -0.2) is 29.4 Å². The van der Waals surface area contributed by atoms with E-state index in [1.54, 1.807) is 0 Å². The number of carbonyl (C=O) groups is 2. The standard InChI is InChI=1S/C24H10ClF12IN2O3/c25-13-6-9(4-5-14(13)26)20(42)40(43)16-3-1-2-11(17(16)27)19(41)39-18-12(22(29,30)31)7-10(8-15(18)38)21(28,23(32,33)34)24(35,36)37/h1-8,43H,(H,39,41). The van der Waals surface area contributed by atoms with Crippen molar-refractivity contribution in [3.8, 4) is 0 Å². The number of rotatable bonds is 5. The lowest BCUT2D eigenvalue weighted by Crippen LogP contribution is -2.50. The smallest absolute Gasteiger partial charge is 0.320 e. The minimum atomic E-state index is -6.75. The summed E-state index contributed by atoms with van der Waals surface area (Å²) in [6.07, 6.45) is -19.3. The van der Waals surface area contributed by atoms with Crippen LogP contribution in [0.4, 0.5) is 64.1 Å². The van der Waals surface area contributed by atoms with Crippen molar-refractivity contribution in [2.45, 2.75) is 24.2 Å². The average Bonchev–Trinajstić information content (AvgIpc) is 2.88. The molecule has 0 heterocycles. The van der Waals surface area contributed by atoms with Crippen LogP contribution >= 0.6 is 34.2 Å². The number of hydrogen-bond acceptors (Lipinski definition) is 3. The summed E-state index contributed by atoms with van der Waals surface area (Å²) in [6, 6.07) is 3.49. The van der Waals surface area contributed by atoms with Crippen LogP contribution in [0.1, 0.15) is 31.8 Å². The number of amides is 2. The van der Waals surface area contributed by atoms with Crippen LogP contribution in [-0.2, 0) is 11.8 Å². The molecule has 0 aliphatic rings. The minimum Gasteiger partial charge on any atom is -0.320 e. The molecule has 0 radical (unpaired) electrons. The van der Waals surface area contributed by atoms with Crippen molar-refractivity contribution < 1.29 is 67.5 Å². The zero-order valence-electron chi connectivity index (χ0n) is 20.1. The maximum atomic E-state index is 15.2. The van der Waals surface area contributed by atoms with E-state index in [1.807, 2.05) is 0 Å². The highest BCUT2D eigenvalue weighted by Gasteiger charge is 2.73. The summed E-state index contributed by atoms with van der Waals surface area (Å²) >= 11 is 6.36. The van der Waals surface area contributed by atoms with Crippen LogP contribution in [0.15, 0.2) is 48.5 Å². The molecule has 0 bridgehead atoms. The lowest BCUT2D eigenvalue weighted by molar-refractivity contribution is -0.348. The molecule has 232 valence electrons. The normalized spacial score (nSPS) is 12.7. The molecule has 0 aliphatic carbocycles. The Balaban J connectivity index is 2.07. The van der Waals surface area contributed by atoms with E-state index < -0.39 is 95.9 Å². The van der Waals surface area contributed by atoms with Crippen molar-refractivity contribution in [3.05, 3.63) is 91.0 Å². The van der Waals surface area contributed by atoms with E-state index in [9.17, 15) is 63.1 Å². The first-order valence-electron chi connectivity index (χ1n) is 10.8. The monoisotopic (exact) mass is 764 g/mol. The largest absolute Gasteiger partial charge is 0.435 e. The van der Waals surface area contributed by atoms with E-state index in [0.29, 0.717) is 6.07 Å². The van der Waals surface area contributed by atoms with Gasteiger partial charge in [-0.05, 0) is 65.1 Å². The maximum absolute atomic E-state index is 15.2. The summed E-state index contributed by atoms with van der Waals surface area (Å²) in [4.78, 5) is 25.3. The second-order valence-electron chi connectivity index (χ2n) is 8.37. The maximum Gasteiger partial charge on any atom is 0.435 e. The Morgan fingerprint density at radius 2 is 1.44 bits per heavy atom. The third kappa shape index (κ3) is 6.49. The second-order valence-corrected chi connectivity index (χ2v) is 9.94. The Morgan fingerprint density at radius 1 is 0.860 bits per heavy atom.